The van der Waals surface area contributed by atoms with Crippen LogP contribution in [0.4, 0.5) is 0 Å². The third-order valence-corrected chi connectivity index (χ3v) is 4.61. The van der Waals surface area contributed by atoms with Crippen LogP contribution in [-0.4, -0.2) is 32.1 Å². The topological polar surface area (TPSA) is 85.8 Å². The Bertz CT molecular complexity index is 700. The molecule has 8 heteroatoms. The number of carbonyl (C=O) groups excluding carboxylic acids is 1. The fourth-order valence-electron chi connectivity index (χ4n) is 1.94. The van der Waals surface area contributed by atoms with E-state index in [1.807, 2.05) is 19.1 Å². The molecule has 1 atom stereocenters. The minimum atomic E-state index is -0.278. The highest BCUT2D eigenvalue weighted by atomic mass is 35.5. The van der Waals surface area contributed by atoms with Gasteiger partial charge in [-0.25, -0.2) is 4.68 Å². The molecule has 0 spiro atoms. The summed E-state index contributed by atoms with van der Waals surface area (Å²) in [6, 6.07) is 7.57. The van der Waals surface area contributed by atoms with Gasteiger partial charge in [0.1, 0.15) is 0 Å². The highest BCUT2D eigenvalue weighted by Gasteiger charge is 2.27. The van der Waals surface area contributed by atoms with Crippen LogP contribution in [0, 0.1) is 0 Å². The molecule has 2 aromatic rings. The van der Waals surface area contributed by atoms with Gasteiger partial charge in [-0.05, 0) is 31.9 Å². The maximum atomic E-state index is 12.0. The van der Waals surface area contributed by atoms with Crippen molar-refractivity contribution in [2.24, 2.45) is 0 Å². The molecule has 1 amide bonds. The third-order valence-electron chi connectivity index (χ3n) is 3.32. The number of nitrogens with one attached hydrogen (secondary N) is 1. The first-order chi connectivity index (χ1) is 10.5. The average Bonchev–Trinajstić information content (AvgIpc) is 3.23. The zero-order chi connectivity index (χ0) is 15.7. The number of carbonyl (C=O) groups is 1. The predicted molar refractivity (Wildman–Crippen MR) is 87.1 cm³/mol. The molecule has 6 nitrogen and oxygen atoms in total. The smallest absolute Gasteiger partial charge is 0.233 e. The maximum Gasteiger partial charge on any atom is 0.233 e. The number of hydrogen-bond acceptors (Lipinski definition) is 5. The molecule has 1 aromatic carbocycles. The number of benzene rings is 1. The number of amides is 1. The van der Waals surface area contributed by atoms with Crippen LogP contribution in [0.1, 0.15) is 19.8 Å². The molecule has 3 rings (SSSR count). The average molecular weight is 338 g/mol. The Morgan fingerprint density at radius 2 is 2.27 bits per heavy atom. The first kappa shape index (κ1) is 15.2. The summed E-state index contributed by atoms with van der Waals surface area (Å²) in [6.45, 7) is 1.83. The summed E-state index contributed by atoms with van der Waals surface area (Å²) in [7, 11) is 0. The van der Waals surface area contributed by atoms with Crippen LogP contribution in [0.5, 0.6) is 0 Å². The zero-order valence-electron chi connectivity index (χ0n) is 12.0. The van der Waals surface area contributed by atoms with Crippen LogP contribution in [0.25, 0.3) is 11.4 Å². The maximum absolute atomic E-state index is 12.0. The molecule has 0 aliphatic heterocycles. The SMILES string of the molecule is CC(Sc1nnc(-c2cccc(Cl)c2)n1N)C(=O)NC1CC1. The molecule has 1 unspecified atom stereocenters. The van der Waals surface area contributed by atoms with Crippen LogP contribution in [0.3, 0.4) is 0 Å². The highest BCUT2D eigenvalue weighted by molar-refractivity contribution is 8.00. The van der Waals surface area contributed by atoms with Gasteiger partial charge in [0.05, 0.1) is 5.25 Å². The van der Waals surface area contributed by atoms with Gasteiger partial charge in [-0.2, -0.15) is 0 Å². The van der Waals surface area contributed by atoms with Crippen molar-refractivity contribution < 1.29 is 4.79 Å². The van der Waals surface area contributed by atoms with Gasteiger partial charge in [0.25, 0.3) is 0 Å². The van der Waals surface area contributed by atoms with Gasteiger partial charge >= 0.3 is 0 Å². The van der Waals surface area contributed by atoms with E-state index < -0.39 is 0 Å². The van der Waals surface area contributed by atoms with Crippen molar-refractivity contribution >= 4 is 29.3 Å². The number of nitrogens with two attached hydrogens (primary N) is 1. The fraction of sp³-hybridized carbons (Fsp3) is 0.357. The second-order valence-electron chi connectivity index (χ2n) is 5.23. The van der Waals surface area contributed by atoms with E-state index in [0.717, 1.165) is 18.4 Å². The summed E-state index contributed by atoms with van der Waals surface area (Å²) >= 11 is 7.26. The van der Waals surface area contributed by atoms with E-state index in [4.69, 9.17) is 17.4 Å². The van der Waals surface area contributed by atoms with Crippen molar-refractivity contribution in [1.29, 1.82) is 0 Å². The lowest BCUT2D eigenvalue weighted by Gasteiger charge is -2.10. The minimum absolute atomic E-state index is 0.000180. The minimum Gasteiger partial charge on any atom is -0.352 e. The number of thioether (sulfide) groups is 1. The van der Waals surface area contributed by atoms with Crippen LogP contribution in [-0.2, 0) is 4.79 Å². The normalized spacial score (nSPS) is 15.5. The Morgan fingerprint density at radius 3 is 2.95 bits per heavy atom. The van der Waals surface area contributed by atoms with Crippen LogP contribution in [0.15, 0.2) is 29.4 Å². The van der Waals surface area contributed by atoms with Crippen LogP contribution < -0.4 is 11.2 Å². The molecule has 1 saturated carbocycles. The molecule has 3 N–H and O–H groups in total. The van der Waals surface area contributed by atoms with Crippen molar-refractivity contribution in [3.63, 3.8) is 0 Å². The summed E-state index contributed by atoms with van der Waals surface area (Å²) < 4.78 is 1.39. The van der Waals surface area contributed by atoms with E-state index >= 15 is 0 Å². The molecule has 1 heterocycles. The Hall–Kier alpha value is -1.73. The molecular formula is C14H16ClN5OS. The van der Waals surface area contributed by atoms with Crippen molar-refractivity contribution in [1.82, 2.24) is 20.2 Å². The Labute approximate surface area is 137 Å². The van der Waals surface area contributed by atoms with E-state index in [1.54, 1.807) is 12.1 Å². The number of halogens is 1. The number of rotatable bonds is 5. The summed E-state index contributed by atoms with van der Waals surface area (Å²) in [5, 5.41) is 11.9. The quantitative estimate of drug-likeness (QED) is 0.644. The number of aromatic nitrogens is 3. The lowest BCUT2D eigenvalue weighted by molar-refractivity contribution is -0.120. The molecule has 1 fully saturated rings. The Kier molecular flexibility index (Phi) is 4.26. The summed E-state index contributed by atoms with van der Waals surface area (Å²) in [4.78, 5) is 12.0. The molecule has 1 aromatic heterocycles. The number of nitrogen functional groups attached to an aromatic ring is 1. The molecule has 22 heavy (non-hydrogen) atoms. The molecule has 0 radical (unpaired) electrons. The van der Waals surface area contributed by atoms with Crippen LogP contribution >= 0.6 is 23.4 Å². The summed E-state index contributed by atoms with van der Waals surface area (Å²) in [5.74, 6) is 6.56. The molecule has 116 valence electrons. The van der Waals surface area contributed by atoms with Gasteiger partial charge in [0, 0.05) is 16.6 Å². The van der Waals surface area contributed by atoms with E-state index in [2.05, 4.69) is 15.5 Å². The van der Waals surface area contributed by atoms with Gasteiger partial charge in [-0.3, -0.25) is 4.79 Å². The molecular weight excluding hydrogens is 322 g/mol. The van der Waals surface area contributed by atoms with Gasteiger partial charge in [-0.15, -0.1) is 10.2 Å². The molecule has 1 aliphatic carbocycles. The monoisotopic (exact) mass is 337 g/mol. The lowest BCUT2D eigenvalue weighted by Crippen LogP contribution is -2.32. The summed E-state index contributed by atoms with van der Waals surface area (Å²) in [5.41, 5.74) is 0.782. The zero-order valence-corrected chi connectivity index (χ0v) is 13.6. The number of hydrogen-bond donors (Lipinski definition) is 2. The fourth-order valence-corrected chi connectivity index (χ4v) is 2.91. The number of nitrogens with zero attached hydrogens (tertiary/aromatic N) is 3. The highest BCUT2D eigenvalue weighted by Crippen LogP contribution is 2.27. The Morgan fingerprint density at radius 1 is 1.50 bits per heavy atom. The van der Waals surface area contributed by atoms with Gasteiger partial charge in [-0.1, -0.05) is 35.5 Å². The first-order valence-electron chi connectivity index (χ1n) is 6.98. The van der Waals surface area contributed by atoms with E-state index in [-0.39, 0.29) is 11.2 Å². The summed E-state index contributed by atoms with van der Waals surface area (Å²) in [6.07, 6.45) is 2.13. The standard InChI is InChI=1S/C14H16ClN5OS/c1-8(13(21)17-11-5-6-11)22-14-19-18-12(20(14)16)9-3-2-4-10(15)7-9/h2-4,7-8,11H,5-6,16H2,1H3,(H,17,21). The largest absolute Gasteiger partial charge is 0.352 e. The van der Waals surface area contributed by atoms with Crippen molar-refractivity contribution in [2.75, 3.05) is 5.84 Å². The molecule has 1 aliphatic rings. The van der Waals surface area contributed by atoms with E-state index in [9.17, 15) is 4.79 Å². The predicted octanol–water partition coefficient (Wildman–Crippen LogP) is 2.07. The second-order valence-corrected chi connectivity index (χ2v) is 6.97. The van der Waals surface area contributed by atoms with Gasteiger partial charge < -0.3 is 11.2 Å². The van der Waals surface area contributed by atoms with Crippen molar-refractivity contribution in [3.05, 3.63) is 29.3 Å². The first-order valence-corrected chi connectivity index (χ1v) is 8.24. The van der Waals surface area contributed by atoms with Gasteiger partial charge in [0.15, 0.2) is 5.82 Å². The van der Waals surface area contributed by atoms with E-state index in [1.165, 1.54) is 16.4 Å². The Balaban J connectivity index is 1.74. The third kappa shape index (κ3) is 3.36. The second kappa shape index (κ2) is 6.18. The van der Waals surface area contributed by atoms with E-state index in [0.29, 0.717) is 22.0 Å². The van der Waals surface area contributed by atoms with Crippen LogP contribution in [0.2, 0.25) is 5.02 Å². The van der Waals surface area contributed by atoms with Crippen molar-refractivity contribution in [2.45, 2.75) is 36.2 Å². The van der Waals surface area contributed by atoms with Crippen molar-refractivity contribution in [3.8, 4) is 11.4 Å². The van der Waals surface area contributed by atoms with Gasteiger partial charge in [0.2, 0.25) is 11.1 Å². The lowest BCUT2D eigenvalue weighted by atomic mass is 10.2. The molecule has 0 saturated heterocycles. The molecule has 0 bridgehead atoms.